The van der Waals surface area contributed by atoms with E-state index in [1.807, 2.05) is 36.4 Å². The summed E-state index contributed by atoms with van der Waals surface area (Å²) in [6, 6.07) is 15.6. The SMILES string of the molecule is C[C@@H](CC(=O)O)NC(=O)C#CCNC(=O)OCC1c2ccccc2-c2ccccc21. The van der Waals surface area contributed by atoms with Crippen LogP contribution >= 0.6 is 0 Å². The molecule has 2 aromatic rings. The van der Waals surface area contributed by atoms with Gasteiger partial charge < -0.3 is 20.5 Å². The Balaban J connectivity index is 1.48. The second-order valence-electron chi connectivity index (χ2n) is 6.95. The third-order valence-corrected chi connectivity index (χ3v) is 4.73. The number of nitrogens with one attached hydrogen (secondary N) is 2. The maximum absolute atomic E-state index is 12.0. The van der Waals surface area contributed by atoms with Crippen LogP contribution in [0.1, 0.15) is 30.4 Å². The summed E-state index contributed by atoms with van der Waals surface area (Å²) in [6.45, 7) is 1.71. The number of ether oxygens (including phenoxy) is 1. The lowest BCUT2D eigenvalue weighted by Crippen LogP contribution is -2.33. The average Bonchev–Trinajstić information content (AvgIpc) is 3.03. The van der Waals surface area contributed by atoms with E-state index in [-0.39, 0.29) is 25.5 Å². The minimum Gasteiger partial charge on any atom is -0.481 e. The zero-order chi connectivity index (χ0) is 21.5. The van der Waals surface area contributed by atoms with Crippen molar-refractivity contribution in [1.29, 1.82) is 0 Å². The van der Waals surface area contributed by atoms with Crippen LogP contribution in [-0.4, -0.2) is 42.3 Å². The Bertz CT molecular complexity index is 976. The predicted molar refractivity (Wildman–Crippen MR) is 111 cm³/mol. The van der Waals surface area contributed by atoms with Gasteiger partial charge in [-0.2, -0.15) is 0 Å². The van der Waals surface area contributed by atoms with Crippen molar-refractivity contribution in [1.82, 2.24) is 10.6 Å². The van der Waals surface area contributed by atoms with Gasteiger partial charge in [-0.1, -0.05) is 54.5 Å². The number of hydrogen-bond donors (Lipinski definition) is 3. The molecule has 0 heterocycles. The zero-order valence-corrected chi connectivity index (χ0v) is 16.5. The van der Waals surface area contributed by atoms with Gasteiger partial charge in [0.05, 0.1) is 13.0 Å². The summed E-state index contributed by atoms with van der Waals surface area (Å²) in [5, 5.41) is 13.6. The van der Waals surface area contributed by atoms with Gasteiger partial charge in [0.25, 0.3) is 5.91 Å². The van der Waals surface area contributed by atoms with Crippen molar-refractivity contribution >= 4 is 18.0 Å². The van der Waals surface area contributed by atoms with Gasteiger partial charge in [-0.05, 0) is 35.1 Å². The monoisotopic (exact) mass is 406 g/mol. The maximum atomic E-state index is 12.0. The van der Waals surface area contributed by atoms with Crippen LogP contribution in [0.25, 0.3) is 11.1 Å². The summed E-state index contributed by atoms with van der Waals surface area (Å²) < 4.78 is 5.37. The van der Waals surface area contributed by atoms with Gasteiger partial charge in [0.2, 0.25) is 0 Å². The summed E-state index contributed by atoms with van der Waals surface area (Å²) in [6.07, 6.45) is -0.809. The first kappa shape index (κ1) is 20.9. The molecule has 7 heteroatoms. The number of alkyl carbamates (subject to hydrolysis) is 1. The molecule has 0 saturated carbocycles. The molecule has 154 valence electrons. The van der Waals surface area contributed by atoms with Gasteiger partial charge in [0.15, 0.2) is 0 Å². The lowest BCUT2D eigenvalue weighted by molar-refractivity contribution is -0.137. The van der Waals surface area contributed by atoms with E-state index in [4.69, 9.17) is 9.84 Å². The topological polar surface area (TPSA) is 105 Å². The van der Waals surface area contributed by atoms with Gasteiger partial charge in [0, 0.05) is 12.0 Å². The molecule has 30 heavy (non-hydrogen) atoms. The number of amides is 2. The van der Waals surface area contributed by atoms with Gasteiger partial charge in [-0.3, -0.25) is 9.59 Å². The van der Waals surface area contributed by atoms with Crippen molar-refractivity contribution in [2.24, 2.45) is 0 Å². The Morgan fingerprint density at radius 2 is 1.67 bits per heavy atom. The van der Waals surface area contributed by atoms with Crippen LogP contribution < -0.4 is 10.6 Å². The van der Waals surface area contributed by atoms with Gasteiger partial charge in [0.1, 0.15) is 6.61 Å². The van der Waals surface area contributed by atoms with Crippen LogP contribution in [0.5, 0.6) is 0 Å². The number of aliphatic carboxylic acids is 1. The Kier molecular flexibility index (Phi) is 6.71. The van der Waals surface area contributed by atoms with Crippen molar-refractivity contribution in [3.8, 4) is 23.0 Å². The first-order valence-electron chi connectivity index (χ1n) is 9.55. The molecule has 1 aliphatic rings. The van der Waals surface area contributed by atoms with E-state index >= 15 is 0 Å². The molecule has 3 N–H and O–H groups in total. The number of carboxylic acids is 1. The summed E-state index contributed by atoms with van der Waals surface area (Å²) in [5.74, 6) is 3.18. The minimum atomic E-state index is -1.01. The fourth-order valence-electron chi connectivity index (χ4n) is 3.46. The van der Waals surface area contributed by atoms with Crippen LogP contribution in [0.15, 0.2) is 48.5 Å². The molecule has 0 aromatic heterocycles. The molecule has 0 bridgehead atoms. The minimum absolute atomic E-state index is 0.0317. The zero-order valence-electron chi connectivity index (χ0n) is 16.5. The summed E-state index contributed by atoms with van der Waals surface area (Å²) in [5.41, 5.74) is 4.55. The number of carbonyl (C=O) groups excluding carboxylic acids is 2. The van der Waals surface area contributed by atoms with Crippen LogP contribution in [0.3, 0.4) is 0 Å². The van der Waals surface area contributed by atoms with Crippen molar-refractivity contribution in [3.05, 3.63) is 59.7 Å². The lowest BCUT2D eigenvalue weighted by atomic mass is 9.98. The predicted octanol–water partition coefficient (Wildman–Crippen LogP) is 2.51. The molecule has 2 amide bonds. The molecule has 0 fully saturated rings. The fraction of sp³-hybridized carbons (Fsp3) is 0.261. The molecule has 0 aliphatic heterocycles. The smallest absolute Gasteiger partial charge is 0.407 e. The fourth-order valence-corrected chi connectivity index (χ4v) is 3.46. The Hall–Kier alpha value is -3.79. The molecule has 0 radical (unpaired) electrons. The van der Waals surface area contributed by atoms with E-state index < -0.39 is 24.0 Å². The van der Waals surface area contributed by atoms with Crippen molar-refractivity contribution < 1.29 is 24.2 Å². The summed E-state index contributed by atoms with van der Waals surface area (Å²) in [4.78, 5) is 34.2. The number of fused-ring (bicyclic) bond motifs is 3. The van der Waals surface area contributed by atoms with Gasteiger partial charge in [-0.15, -0.1) is 0 Å². The van der Waals surface area contributed by atoms with Gasteiger partial charge >= 0.3 is 12.1 Å². The van der Waals surface area contributed by atoms with E-state index in [1.165, 1.54) is 0 Å². The highest BCUT2D eigenvalue weighted by Gasteiger charge is 2.28. The van der Waals surface area contributed by atoms with Crippen LogP contribution in [0, 0.1) is 11.8 Å². The standard InChI is InChI=1S/C23H22N2O5/c1-15(13-22(27)28)25-21(26)11-6-12-24-23(29)30-14-20-18-9-4-2-7-16(18)17-8-3-5-10-19(17)20/h2-5,7-10,15,20H,12-14H2,1H3,(H,24,29)(H,25,26)(H,27,28)/t15-/m0/s1. The second-order valence-corrected chi connectivity index (χ2v) is 6.95. The maximum Gasteiger partial charge on any atom is 0.407 e. The molecule has 0 spiro atoms. The Morgan fingerprint density at radius 1 is 1.07 bits per heavy atom. The quantitative estimate of drug-likeness (QED) is 0.640. The molecule has 2 aromatic carbocycles. The van der Waals surface area contributed by atoms with E-state index in [9.17, 15) is 14.4 Å². The molecular formula is C23H22N2O5. The van der Waals surface area contributed by atoms with Crippen LogP contribution in [0.2, 0.25) is 0 Å². The molecular weight excluding hydrogens is 384 g/mol. The highest BCUT2D eigenvalue weighted by atomic mass is 16.5. The van der Waals surface area contributed by atoms with E-state index in [1.54, 1.807) is 6.92 Å². The number of rotatable bonds is 6. The Labute approximate surface area is 174 Å². The molecule has 0 saturated heterocycles. The molecule has 7 nitrogen and oxygen atoms in total. The van der Waals surface area contributed by atoms with Crippen molar-refractivity contribution in [2.45, 2.75) is 25.3 Å². The first-order chi connectivity index (χ1) is 14.5. The number of carboxylic acid groups (broad SMARTS) is 1. The number of benzene rings is 2. The van der Waals surface area contributed by atoms with Crippen LogP contribution in [-0.2, 0) is 14.3 Å². The molecule has 1 atom stereocenters. The Morgan fingerprint density at radius 3 is 2.27 bits per heavy atom. The third-order valence-electron chi connectivity index (χ3n) is 4.73. The lowest BCUT2D eigenvalue weighted by Gasteiger charge is -2.14. The van der Waals surface area contributed by atoms with E-state index in [0.29, 0.717) is 0 Å². The third kappa shape index (κ3) is 5.17. The van der Waals surface area contributed by atoms with E-state index in [0.717, 1.165) is 22.3 Å². The highest BCUT2D eigenvalue weighted by Crippen LogP contribution is 2.44. The molecule has 1 aliphatic carbocycles. The summed E-state index contributed by atoms with van der Waals surface area (Å²) in [7, 11) is 0. The highest BCUT2D eigenvalue weighted by molar-refractivity contribution is 5.94. The van der Waals surface area contributed by atoms with Gasteiger partial charge in [-0.25, -0.2) is 4.79 Å². The van der Waals surface area contributed by atoms with Crippen molar-refractivity contribution in [2.75, 3.05) is 13.2 Å². The molecule has 3 rings (SSSR count). The number of carbonyl (C=O) groups is 3. The number of hydrogen-bond acceptors (Lipinski definition) is 4. The molecule has 0 unspecified atom stereocenters. The van der Waals surface area contributed by atoms with Crippen molar-refractivity contribution in [3.63, 3.8) is 0 Å². The average molecular weight is 406 g/mol. The summed E-state index contributed by atoms with van der Waals surface area (Å²) >= 11 is 0. The largest absolute Gasteiger partial charge is 0.481 e. The van der Waals surface area contributed by atoms with Crippen LogP contribution in [0.4, 0.5) is 4.79 Å². The van der Waals surface area contributed by atoms with E-state index in [2.05, 4.69) is 34.6 Å². The normalized spacial score (nSPS) is 12.6. The second kappa shape index (κ2) is 9.61. The first-order valence-corrected chi connectivity index (χ1v) is 9.55.